The molecule has 1 aromatic heterocycles. The smallest absolute Gasteiger partial charge is 0.408 e. The molecule has 3 aromatic rings. The lowest BCUT2D eigenvalue weighted by atomic mass is 10.1. The molecular weight excluding hydrogens is 314 g/mol. The van der Waals surface area contributed by atoms with Crippen molar-refractivity contribution in [3.8, 4) is 11.8 Å². The molecule has 0 saturated heterocycles. The van der Waals surface area contributed by atoms with Crippen LogP contribution in [-0.4, -0.2) is 17.6 Å². The molecule has 2 aromatic carbocycles. The summed E-state index contributed by atoms with van der Waals surface area (Å²) < 4.78 is 5.12. The number of anilines is 1. The Bertz CT molecular complexity index is 943. The molecule has 124 valence electrons. The second-order valence-corrected chi connectivity index (χ2v) is 5.32. The van der Waals surface area contributed by atoms with Gasteiger partial charge in [0.25, 0.3) is 0 Å². The van der Waals surface area contributed by atoms with Crippen LogP contribution in [0, 0.1) is 11.8 Å². The van der Waals surface area contributed by atoms with Crippen LogP contribution in [0.3, 0.4) is 0 Å². The van der Waals surface area contributed by atoms with E-state index in [1.54, 1.807) is 6.20 Å². The van der Waals surface area contributed by atoms with Crippen LogP contribution in [0.5, 0.6) is 0 Å². The summed E-state index contributed by atoms with van der Waals surface area (Å²) >= 11 is 0. The summed E-state index contributed by atoms with van der Waals surface area (Å²) in [5.41, 5.74) is 7.57. The summed E-state index contributed by atoms with van der Waals surface area (Å²) in [6, 6.07) is 17.2. The van der Waals surface area contributed by atoms with Crippen molar-refractivity contribution < 1.29 is 9.53 Å². The first-order valence-electron chi connectivity index (χ1n) is 7.80. The lowest BCUT2D eigenvalue weighted by Crippen LogP contribution is -2.24. The van der Waals surface area contributed by atoms with Crippen LogP contribution < -0.4 is 11.1 Å². The molecule has 0 aliphatic rings. The number of nitrogens with zero attached hydrogens (tertiary/aromatic N) is 1. The fourth-order valence-corrected chi connectivity index (χ4v) is 2.34. The van der Waals surface area contributed by atoms with Crippen LogP contribution in [0.15, 0.2) is 60.8 Å². The topological polar surface area (TPSA) is 77.2 Å². The number of hydrogen-bond donors (Lipinski definition) is 2. The maximum Gasteiger partial charge on any atom is 0.408 e. The lowest BCUT2D eigenvalue weighted by molar-refractivity contribution is 0.141. The number of nitrogens with two attached hydrogens (primary N) is 1. The number of fused-ring (bicyclic) bond motifs is 1. The van der Waals surface area contributed by atoms with Crippen LogP contribution >= 0.6 is 0 Å². The number of hydrogen-bond acceptors (Lipinski definition) is 4. The van der Waals surface area contributed by atoms with Crippen molar-refractivity contribution in [1.29, 1.82) is 0 Å². The summed E-state index contributed by atoms with van der Waals surface area (Å²) in [7, 11) is 0. The van der Waals surface area contributed by atoms with Crippen molar-refractivity contribution in [2.45, 2.75) is 6.61 Å². The summed E-state index contributed by atoms with van der Waals surface area (Å²) in [6.45, 7) is 0.416. The molecule has 1 amide bonds. The SMILES string of the molecule is Nc1ncc(C#CCNC(=O)OCc2ccccc2)c2ccccc12. The molecular formula is C20H17N3O2. The third-order valence-corrected chi connectivity index (χ3v) is 3.58. The van der Waals surface area contributed by atoms with E-state index in [2.05, 4.69) is 22.1 Å². The molecule has 1 heterocycles. The van der Waals surface area contributed by atoms with Crippen LogP contribution in [-0.2, 0) is 11.3 Å². The standard InChI is InChI=1S/C20H17N3O2/c21-19-18-11-5-4-10-17(18)16(13-23-19)9-6-12-22-20(24)25-14-15-7-2-1-3-8-15/h1-5,7-8,10-11,13H,12,14H2,(H2,21,23)(H,22,24). The summed E-state index contributed by atoms with van der Waals surface area (Å²) in [5, 5.41) is 4.41. The van der Waals surface area contributed by atoms with Crippen molar-refractivity contribution in [2.24, 2.45) is 0 Å². The van der Waals surface area contributed by atoms with Gasteiger partial charge >= 0.3 is 6.09 Å². The number of nitrogens with one attached hydrogen (secondary N) is 1. The first-order valence-corrected chi connectivity index (χ1v) is 7.80. The first kappa shape index (κ1) is 16.3. The Hall–Kier alpha value is -3.52. The van der Waals surface area contributed by atoms with E-state index in [-0.39, 0.29) is 13.2 Å². The molecule has 0 bridgehead atoms. The molecule has 0 spiro atoms. The summed E-state index contributed by atoms with van der Waals surface area (Å²) in [5.74, 6) is 6.38. The molecule has 5 nitrogen and oxygen atoms in total. The Labute approximate surface area is 145 Å². The Balaban J connectivity index is 1.56. The zero-order valence-electron chi connectivity index (χ0n) is 13.5. The second kappa shape index (κ2) is 7.84. The molecule has 0 aliphatic carbocycles. The third-order valence-electron chi connectivity index (χ3n) is 3.58. The van der Waals surface area contributed by atoms with E-state index in [4.69, 9.17) is 10.5 Å². The molecule has 0 aliphatic heterocycles. The quantitative estimate of drug-likeness (QED) is 0.723. The minimum absolute atomic E-state index is 0.187. The molecule has 0 atom stereocenters. The summed E-state index contributed by atoms with van der Waals surface area (Å²) in [4.78, 5) is 15.8. The molecule has 5 heteroatoms. The summed E-state index contributed by atoms with van der Waals surface area (Å²) in [6.07, 6.45) is 1.14. The molecule has 0 unspecified atom stereocenters. The van der Waals surface area contributed by atoms with E-state index in [1.807, 2.05) is 54.6 Å². The van der Waals surface area contributed by atoms with Gasteiger partial charge in [-0.2, -0.15) is 0 Å². The average Bonchev–Trinajstić information content (AvgIpc) is 2.66. The van der Waals surface area contributed by atoms with Crippen LogP contribution in [0.2, 0.25) is 0 Å². The van der Waals surface area contributed by atoms with Gasteiger partial charge in [-0.3, -0.25) is 0 Å². The Morgan fingerprint density at radius 1 is 1.08 bits per heavy atom. The fraction of sp³-hybridized carbons (Fsp3) is 0.100. The number of rotatable bonds is 3. The van der Waals surface area contributed by atoms with Crippen molar-refractivity contribution in [3.63, 3.8) is 0 Å². The largest absolute Gasteiger partial charge is 0.445 e. The third kappa shape index (κ3) is 4.27. The van der Waals surface area contributed by atoms with Crippen molar-refractivity contribution in [2.75, 3.05) is 12.3 Å². The maximum absolute atomic E-state index is 11.7. The van der Waals surface area contributed by atoms with E-state index >= 15 is 0 Å². The molecule has 0 saturated carbocycles. The number of aromatic nitrogens is 1. The van der Waals surface area contributed by atoms with Crippen molar-refractivity contribution in [1.82, 2.24) is 10.3 Å². The number of amides is 1. The van der Waals surface area contributed by atoms with Crippen molar-refractivity contribution in [3.05, 3.63) is 71.9 Å². The minimum atomic E-state index is -0.501. The van der Waals surface area contributed by atoms with Crippen molar-refractivity contribution >= 4 is 22.7 Å². The van der Waals surface area contributed by atoms with E-state index in [0.29, 0.717) is 5.82 Å². The number of nitrogen functional groups attached to an aromatic ring is 1. The van der Waals surface area contributed by atoms with Gasteiger partial charge in [0, 0.05) is 17.0 Å². The highest BCUT2D eigenvalue weighted by atomic mass is 16.5. The normalized spacial score (nSPS) is 9.92. The molecule has 0 fully saturated rings. The van der Waals surface area contributed by atoms with Crippen LogP contribution in [0.25, 0.3) is 10.8 Å². The van der Waals surface area contributed by atoms with Gasteiger partial charge < -0.3 is 15.8 Å². The van der Waals surface area contributed by atoms with E-state index < -0.39 is 6.09 Å². The van der Waals surface area contributed by atoms with E-state index in [9.17, 15) is 4.79 Å². The predicted octanol–water partition coefficient (Wildman–Crippen LogP) is 3.09. The Kier molecular flexibility index (Phi) is 5.13. The molecule has 3 N–H and O–H groups in total. The van der Waals surface area contributed by atoms with Gasteiger partial charge in [-0.25, -0.2) is 9.78 Å². The van der Waals surface area contributed by atoms with Gasteiger partial charge in [0.1, 0.15) is 12.4 Å². The van der Waals surface area contributed by atoms with E-state index in [0.717, 1.165) is 21.9 Å². The predicted molar refractivity (Wildman–Crippen MR) is 97.7 cm³/mol. The van der Waals surface area contributed by atoms with Gasteiger partial charge in [-0.1, -0.05) is 66.4 Å². The van der Waals surface area contributed by atoms with Gasteiger partial charge in [-0.15, -0.1) is 0 Å². The van der Waals surface area contributed by atoms with Gasteiger partial charge in [0.05, 0.1) is 12.1 Å². The van der Waals surface area contributed by atoms with E-state index in [1.165, 1.54) is 0 Å². The van der Waals surface area contributed by atoms with Crippen LogP contribution in [0.1, 0.15) is 11.1 Å². The lowest BCUT2D eigenvalue weighted by Gasteiger charge is -2.04. The highest BCUT2D eigenvalue weighted by Crippen LogP contribution is 2.21. The highest BCUT2D eigenvalue weighted by molar-refractivity contribution is 5.94. The number of alkyl carbamates (subject to hydrolysis) is 1. The van der Waals surface area contributed by atoms with Gasteiger partial charge in [0.2, 0.25) is 0 Å². The number of benzene rings is 2. The highest BCUT2D eigenvalue weighted by Gasteiger charge is 2.03. The molecule has 25 heavy (non-hydrogen) atoms. The Morgan fingerprint density at radius 2 is 1.80 bits per heavy atom. The maximum atomic E-state index is 11.7. The Morgan fingerprint density at radius 3 is 2.60 bits per heavy atom. The number of carbonyl (C=O) groups is 1. The van der Waals surface area contributed by atoms with Gasteiger partial charge in [-0.05, 0) is 5.56 Å². The molecule has 3 rings (SSSR count). The minimum Gasteiger partial charge on any atom is -0.445 e. The number of pyridine rings is 1. The average molecular weight is 331 g/mol. The zero-order valence-corrected chi connectivity index (χ0v) is 13.5. The fourth-order valence-electron chi connectivity index (χ4n) is 2.34. The molecule has 0 radical (unpaired) electrons. The number of carbonyl (C=O) groups excluding carboxylic acids is 1. The van der Waals surface area contributed by atoms with Gasteiger partial charge in [0.15, 0.2) is 0 Å². The zero-order chi connectivity index (χ0) is 17.5. The monoisotopic (exact) mass is 331 g/mol. The first-order chi connectivity index (χ1) is 12.2. The van der Waals surface area contributed by atoms with Crippen LogP contribution in [0.4, 0.5) is 10.6 Å². The second-order valence-electron chi connectivity index (χ2n) is 5.32. The number of ether oxygens (including phenoxy) is 1.